The molecule has 2 rings (SSSR count). The SMILES string of the molecule is CCCNC(CC1CC1)c1ccc(CCOC)cc1. The van der Waals surface area contributed by atoms with Gasteiger partial charge in [0.05, 0.1) is 6.61 Å². The van der Waals surface area contributed by atoms with E-state index in [1.54, 1.807) is 7.11 Å². The lowest BCUT2D eigenvalue weighted by molar-refractivity contribution is 0.202. The van der Waals surface area contributed by atoms with Crippen LogP contribution in [0.1, 0.15) is 49.8 Å². The molecule has 0 saturated heterocycles. The molecule has 1 aromatic carbocycles. The summed E-state index contributed by atoms with van der Waals surface area (Å²) >= 11 is 0. The molecule has 0 bridgehead atoms. The largest absolute Gasteiger partial charge is 0.384 e. The molecule has 2 nitrogen and oxygen atoms in total. The van der Waals surface area contributed by atoms with Crippen LogP contribution in [0.5, 0.6) is 0 Å². The Morgan fingerprint density at radius 2 is 2.00 bits per heavy atom. The molecule has 1 fully saturated rings. The van der Waals surface area contributed by atoms with E-state index in [2.05, 4.69) is 36.5 Å². The highest BCUT2D eigenvalue weighted by molar-refractivity contribution is 5.25. The van der Waals surface area contributed by atoms with Gasteiger partial charge in [-0.2, -0.15) is 0 Å². The molecule has 1 aliphatic rings. The third kappa shape index (κ3) is 4.96. The van der Waals surface area contributed by atoms with E-state index in [1.165, 1.54) is 36.8 Å². The Hall–Kier alpha value is -0.860. The average Bonchev–Trinajstić information content (AvgIpc) is 3.26. The van der Waals surface area contributed by atoms with Gasteiger partial charge in [0.1, 0.15) is 0 Å². The molecule has 1 saturated carbocycles. The Bertz CT molecular complexity index is 356. The summed E-state index contributed by atoms with van der Waals surface area (Å²) in [7, 11) is 1.76. The Morgan fingerprint density at radius 3 is 2.58 bits per heavy atom. The number of nitrogens with one attached hydrogen (secondary N) is 1. The average molecular weight is 261 g/mol. The van der Waals surface area contributed by atoms with Crippen molar-refractivity contribution in [1.29, 1.82) is 0 Å². The molecule has 1 aliphatic carbocycles. The van der Waals surface area contributed by atoms with Crippen molar-refractivity contribution in [2.45, 2.75) is 45.1 Å². The molecule has 0 spiro atoms. The summed E-state index contributed by atoms with van der Waals surface area (Å²) in [4.78, 5) is 0. The number of hydrogen-bond donors (Lipinski definition) is 1. The molecule has 1 atom stereocenters. The fourth-order valence-electron chi connectivity index (χ4n) is 2.48. The summed E-state index contributed by atoms with van der Waals surface area (Å²) in [5.41, 5.74) is 2.81. The van der Waals surface area contributed by atoms with Gasteiger partial charge >= 0.3 is 0 Å². The van der Waals surface area contributed by atoms with E-state index >= 15 is 0 Å². The van der Waals surface area contributed by atoms with Gasteiger partial charge in [-0.05, 0) is 42.9 Å². The topological polar surface area (TPSA) is 21.3 Å². The van der Waals surface area contributed by atoms with Crippen LogP contribution in [-0.2, 0) is 11.2 Å². The van der Waals surface area contributed by atoms with Crippen molar-refractivity contribution in [2.75, 3.05) is 20.3 Å². The Labute approximate surface area is 117 Å². The number of hydrogen-bond acceptors (Lipinski definition) is 2. The first-order valence-electron chi connectivity index (χ1n) is 7.64. The van der Waals surface area contributed by atoms with Gasteiger partial charge in [-0.3, -0.25) is 0 Å². The molecule has 0 aromatic heterocycles. The van der Waals surface area contributed by atoms with Crippen molar-refractivity contribution in [3.05, 3.63) is 35.4 Å². The summed E-state index contributed by atoms with van der Waals surface area (Å²) in [6.07, 6.45) is 6.36. The highest BCUT2D eigenvalue weighted by atomic mass is 16.5. The summed E-state index contributed by atoms with van der Waals surface area (Å²) in [6.45, 7) is 4.15. The molecule has 0 aliphatic heterocycles. The zero-order valence-electron chi connectivity index (χ0n) is 12.3. The highest BCUT2D eigenvalue weighted by Crippen LogP contribution is 2.37. The van der Waals surface area contributed by atoms with Gasteiger partial charge < -0.3 is 10.1 Å². The molecule has 0 heterocycles. The second kappa shape index (κ2) is 7.66. The maximum atomic E-state index is 5.13. The molecule has 1 aromatic rings. The van der Waals surface area contributed by atoms with Gasteiger partial charge in [0.25, 0.3) is 0 Å². The van der Waals surface area contributed by atoms with Crippen LogP contribution >= 0.6 is 0 Å². The molecule has 0 amide bonds. The predicted molar refractivity (Wildman–Crippen MR) is 80.4 cm³/mol. The number of benzene rings is 1. The molecule has 1 N–H and O–H groups in total. The second-order valence-electron chi connectivity index (χ2n) is 5.67. The van der Waals surface area contributed by atoms with Crippen LogP contribution in [0.2, 0.25) is 0 Å². The van der Waals surface area contributed by atoms with Gasteiger partial charge in [-0.1, -0.05) is 44.0 Å². The lowest BCUT2D eigenvalue weighted by Crippen LogP contribution is -2.22. The van der Waals surface area contributed by atoms with Crippen LogP contribution in [-0.4, -0.2) is 20.3 Å². The normalized spacial score (nSPS) is 16.5. The Kier molecular flexibility index (Phi) is 5.87. The third-order valence-electron chi connectivity index (χ3n) is 3.88. The monoisotopic (exact) mass is 261 g/mol. The van der Waals surface area contributed by atoms with Gasteiger partial charge in [0.2, 0.25) is 0 Å². The first-order chi connectivity index (χ1) is 9.33. The van der Waals surface area contributed by atoms with E-state index < -0.39 is 0 Å². The lowest BCUT2D eigenvalue weighted by atomic mass is 9.99. The maximum Gasteiger partial charge on any atom is 0.0502 e. The van der Waals surface area contributed by atoms with Crippen LogP contribution in [0, 0.1) is 5.92 Å². The lowest BCUT2D eigenvalue weighted by Gasteiger charge is -2.19. The quantitative estimate of drug-likeness (QED) is 0.731. The summed E-state index contributed by atoms with van der Waals surface area (Å²) < 4.78 is 5.13. The smallest absolute Gasteiger partial charge is 0.0502 e. The van der Waals surface area contributed by atoms with Crippen molar-refractivity contribution in [1.82, 2.24) is 5.32 Å². The Morgan fingerprint density at radius 1 is 1.26 bits per heavy atom. The number of rotatable bonds is 9. The predicted octanol–water partition coefficient (Wildman–Crippen LogP) is 3.72. The fraction of sp³-hybridized carbons (Fsp3) is 0.647. The van der Waals surface area contributed by atoms with Crippen LogP contribution < -0.4 is 5.32 Å². The maximum absolute atomic E-state index is 5.13. The van der Waals surface area contributed by atoms with Gasteiger partial charge in [-0.25, -0.2) is 0 Å². The zero-order valence-corrected chi connectivity index (χ0v) is 12.3. The van der Waals surface area contributed by atoms with Gasteiger partial charge in [-0.15, -0.1) is 0 Å². The molecule has 19 heavy (non-hydrogen) atoms. The second-order valence-corrected chi connectivity index (χ2v) is 5.67. The standard InChI is InChI=1S/C17H27NO/c1-3-11-18-17(13-15-4-5-15)16-8-6-14(7-9-16)10-12-19-2/h6-9,15,17-18H,3-5,10-13H2,1-2H3. The van der Waals surface area contributed by atoms with E-state index in [4.69, 9.17) is 4.74 Å². The first kappa shape index (κ1) is 14.5. The first-order valence-corrected chi connectivity index (χ1v) is 7.64. The Balaban J connectivity index is 1.94. The van der Waals surface area contributed by atoms with E-state index in [9.17, 15) is 0 Å². The van der Waals surface area contributed by atoms with Crippen molar-refractivity contribution in [2.24, 2.45) is 5.92 Å². The van der Waals surface area contributed by atoms with Gasteiger partial charge in [0, 0.05) is 13.2 Å². The minimum Gasteiger partial charge on any atom is -0.384 e. The minimum absolute atomic E-state index is 0.545. The fourth-order valence-corrected chi connectivity index (χ4v) is 2.48. The summed E-state index contributed by atoms with van der Waals surface area (Å²) in [5.74, 6) is 0.961. The van der Waals surface area contributed by atoms with E-state index in [0.717, 1.165) is 25.5 Å². The third-order valence-corrected chi connectivity index (χ3v) is 3.88. The summed E-state index contributed by atoms with van der Waals surface area (Å²) in [5, 5.41) is 3.69. The van der Waals surface area contributed by atoms with Crippen LogP contribution in [0.15, 0.2) is 24.3 Å². The van der Waals surface area contributed by atoms with Crippen molar-refractivity contribution in [3.8, 4) is 0 Å². The molecular weight excluding hydrogens is 234 g/mol. The van der Waals surface area contributed by atoms with Crippen molar-refractivity contribution in [3.63, 3.8) is 0 Å². The molecular formula is C17H27NO. The molecule has 0 radical (unpaired) electrons. The number of methoxy groups -OCH3 is 1. The van der Waals surface area contributed by atoms with Crippen molar-refractivity contribution < 1.29 is 4.74 Å². The van der Waals surface area contributed by atoms with E-state index in [1.807, 2.05) is 0 Å². The van der Waals surface area contributed by atoms with E-state index in [-0.39, 0.29) is 0 Å². The number of ether oxygens (including phenoxy) is 1. The van der Waals surface area contributed by atoms with Crippen molar-refractivity contribution >= 4 is 0 Å². The molecule has 2 heteroatoms. The summed E-state index contributed by atoms with van der Waals surface area (Å²) in [6, 6.07) is 9.63. The highest BCUT2D eigenvalue weighted by Gasteiger charge is 2.25. The van der Waals surface area contributed by atoms with Gasteiger partial charge in [0.15, 0.2) is 0 Å². The van der Waals surface area contributed by atoms with Crippen LogP contribution in [0.3, 0.4) is 0 Å². The molecule has 1 unspecified atom stereocenters. The molecule has 106 valence electrons. The van der Waals surface area contributed by atoms with Crippen LogP contribution in [0.4, 0.5) is 0 Å². The van der Waals surface area contributed by atoms with Crippen LogP contribution in [0.25, 0.3) is 0 Å². The van der Waals surface area contributed by atoms with E-state index in [0.29, 0.717) is 6.04 Å². The zero-order chi connectivity index (χ0) is 13.5. The minimum atomic E-state index is 0.545.